The second-order valence-corrected chi connectivity index (χ2v) is 7.38. The van der Waals surface area contributed by atoms with Gasteiger partial charge in [-0.05, 0) is 31.5 Å². The Labute approximate surface area is 146 Å². The maximum Gasteiger partial charge on any atom is 0.199 e. The van der Waals surface area contributed by atoms with E-state index in [1.165, 1.54) is 31.8 Å². The van der Waals surface area contributed by atoms with Gasteiger partial charge in [-0.2, -0.15) is 5.10 Å². The second-order valence-electron chi connectivity index (χ2n) is 6.46. The highest BCUT2D eigenvalue weighted by Gasteiger charge is 2.32. The van der Waals surface area contributed by atoms with Gasteiger partial charge in [0, 0.05) is 30.1 Å². The minimum atomic E-state index is -0.350. The zero-order valence-electron chi connectivity index (χ0n) is 13.0. The molecule has 0 saturated carbocycles. The third-order valence-corrected chi connectivity index (χ3v) is 5.55. The molecule has 1 aromatic carbocycles. The molecular formula is C16H16BrFN6. The van der Waals surface area contributed by atoms with Gasteiger partial charge in [-0.3, -0.25) is 4.90 Å². The molecule has 0 amide bonds. The van der Waals surface area contributed by atoms with Crippen molar-refractivity contribution in [1.29, 1.82) is 0 Å². The molecule has 124 valence electrons. The predicted octanol–water partition coefficient (Wildman–Crippen LogP) is 2.46. The molecule has 0 radical (unpaired) electrons. The molecule has 0 bridgehead atoms. The molecule has 1 unspecified atom stereocenters. The molecule has 2 aliphatic rings. The molecule has 1 atom stereocenters. The number of hydrogen-bond acceptors (Lipinski definition) is 5. The number of benzene rings is 1. The largest absolute Gasteiger partial charge is 0.351 e. The molecule has 5 rings (SSSR count). The van der Waals surface area contributed by atoms with E-state index in [0.29, 0.717) is 27.2 Å². The Balaban J connectivity index is 1.68. The van der Waals surface area contributed by atoms with Crippen molar-refractivity contribution in [3.05, 3.63) is 28.7 Å². The van der Waals surface area contributed by atoms with Gasteiger partial charge in [0.05, 0.1) is 5.52 Å². The predicted molar refractivity (Wildman–Crippen MR) is 92.8 cm³/mol. The standard InChI is InChI=1S/C16H16BrFN6/c17-10-6-12(18)14-13(7-10)24-15(19-9-20-24)16(21-14)23-5-4-22-3-1-2-11(22)8-23/h6-7,9,11H,1-5,8H2. The van der Waals surface area contributed by atoms with Gasteiger partial charge in [0.25, 0.3) is 0 Å². The van der Waals surface area contributed by atoms with Crippen molar-refractivity contribution >= 4 is 38.4 Å². The number of hydrogen-bond donors (Lipinski definition) is 0. The molecule has 2 saturated heterocycles. The van der Waals surface area contributed by atoms with E-state index in [0.717, 1.165) is 25.5 Å². The van der Waals surface area contributed by atoms with E-state index < -0.39 is 0 Å². The van der Waals surface area contributed by atoms with E-state index >= 15 is 0 Å². The number of rotatable bonds is 1. The molecule has 2 aliphatic heterocycles. The molecule has 0 aliphatic carbocycles. The first-order valence-corrected chi connectivity index (χ1v) is 8.97. The van der Waals surface area contributed by atoms with Crippen LogP contribution in [0.25, 0.3) is 16.7 Å². The summed E-state index contributed by atoms with van der Waals surface area (Å²) < 4.78 is 16.8. The minimum absolute atomic E-state index is 0.333. The lowest BCUT2D eigenvalue weighted by molar-refractivity contribution is 0.230. The fourth-order valence-corrected chi connectivity index (χ4v) is 4.36. The monoisotopic (exact) mass is 390 g/mol. The number of fused-ring (bicyclic) bond motifs is 4. The first-order chi connectivity index (χ1) is 11.7. The molecule has 3 aromatic rings. The molecular weight excluding hydrogens is 375 g/mol. The van der Waals surface area contributed by atoms with Gasteiger partial charge >= 0.3 is 0 Å². The van der Waals surface area contributed by atoms with Crippen LogP contribution in [-0.4, -0.2) is 56.7 Å². The van der Waals surface area contributed by atoms with Crippen molar-refractivity contribution in [3.63, 3.8) is 0 Å². The Hall–Kier alpha value is -1.80. The zero-order valence-corrected chi connectivity index (χ0v) is 14.6. The van der Waals surface area contributed by atoms with E-state index in [-0.39, 0.29) is 5.82 Å². The Bertz CT molecular complexity index is 941. The van der Waals surface area contributed by atoms with Crippen LogP contribution in [0.4, 0.5) is 10.2 Å². The minimum Gasteiger partial charge on any atom is -0.351 e. The highest BCUT2D eigenvalue weighted by Crippen LogP contribution is 2.30. The van der Waals surface area contributed by atoms with Crippen LogP contribution in [-0.2, 0) is 0 Å². The normalized spacial score (nSPS) is 21.8. The molecule has 6 nitrogen and oxygen atoms in total. The van der Waals surface area contributed by atoms with Crippen LogP contribution in [0.3, 0.4) is 0 Å². The summed E-state index contributed by atoms with van der Waals surface area (Å²) in [7, 11) is 0. The van der Waals surface area contributed by atoms with Crippen LogP contribution in [0.15, 0.2) is 22.9 Å². The van der Waals surface area contributed by atoms with E-state index in [1.54, 1.807) is 4.52 Å². The molecule has 4 heterocycles. The van der Waals surface area contributed by atoms with Crippen molar-refractivity contribution in [2.24, 2.45) is 0 Å². The molecule has 24 heavy (non-hydrogen) atoms. The number of nitrogens with zero attached hydrogens (tertiary/aromatic N) is 6. The van der Waals surface area contributed by atoms with Gasteiger partial charge in [-0.25, -0.2) is 18.9 Å². The van der Waals surface area contributed by atoms with Crippen LogP contribution in [0.1, 0.15) is 12.8 Å². The Morgan fingerprint density at radius 3 is 3.04 bits per heavy atom. The molecule has 0 N–H and O–H groups in total. The van der Waals surface area contributed by atoms with Crippen LogP contribution in [0.5, 0.6) is 0 Å². The topological polar surface area (TPSA) is 49.6 Å². The van der Waals surface area contributed by atoms with E-state index in [1.807, 2.05) is 6.07 Å². The summed E-state index contributed by atoms with van der Waals surface area (Å²) >= 11 is 3.34. The molecule has 2 aromatic heterocycles. The maximum absolute atomic E-state index is 14.5. The lowest BCUT2D eigenvalue weighted by atomic mass is 10.1. The summed E-state index contributed by atoms with van der Waals surface area (Å²) in [5, 5.41) is 4.29. The summed E-state index contributed by atoms with van der Waals surface area (Å²) in [5.41, 5.74) is 1.64. The van der Waals surface area contributed by atoms with Crippen LogP contribution in [0, 0.1) is 5.82 Å². The van der Waals surface area contributed by atoms with Gasteiger partial charge in [0.2, 0.25) is 0 Å². The fraction of sp³-hybridized carbons (Fsp3) is 0.438. The lowest BCUT2D eigenvalue weighted by Crippen LogP contribution is -2.50. The van der Waals surface area contributed by atoms with Crippen molar-refractivity contribution in [2.75, 3.05) is 31.1 Å². The Kier molecular flexibility index (Phi) is 3.24. The summed E-state index contributed by atoms with van der Waals surface area (Å²) in [5.74, 6) is 0.380. The second kappa shape index (κ2) is 5.35. The first-order valence-electron chi connectivity index (χ1n) is 8.18. The first kappa shape index (κ1) is 14.5. The number of halogens is 2. The average Bonchev–Trinajstić information content (AvgIpc) is 3.22. The number of piperazine rings is 1. The molecule has 0 spiro atoms. The maximum atomic E-state index is 14.5. The third kappa shape index (κ3) is 2.12. The van der Waals surface area contributed by atoms with E-state index in [4.69, 9.17) is 0 Å². The number of anilines is 1. The smallest absolute Gasteiger partial charge is 0.199 e. The van der Waals surface area contributed by atoms with Gasteiger partial charge in [-0.1, -0.05) is 15.9 Å². The van der Waals surface area contributed by atoms with Crippen LogP contribution < -0.4 is 4.90 Å². The summed E-state index contributed by atoms with van der Waals surface area (Å²) in [6.07, 6.45) is 3.98. The van der Waals surface area contributed by atoms with Crippen molar-refractivity contribution < 1.29 is 4.39 Å². The summed E-state index contributed by atoms with van der Waals surface area (Å²) in [4.78, 5) is 13.8. The Morgan fingerprint density at radius 1 is 1.21 bits per heavy atom. The van der Waals surface area contributed by atoms with Gasteiger partial charge in [0.1, 0.15) is 11.8 Å². The van der Waals surface area contributed by atoms with E-state index in [9.17, 15) is 4.39 Å². The van der Waals surface area contributed by atoms with Crippen molar-refractivity contribution in [1.82, 2.24) is 24.5 Å². The SMILES string of the molecule is Fc1cc(Br)cc2c1nc(N1CCN3CCCC3C1)c1ncnn12. The quantitative estimate of drug-likeness (QED) is 0.638. The zero-order chi connectivity index (χ0) is 16.3. The van der Waals surface area contributed by atoms with Gasteiger partial charge in [0.15, 0.2) is 17.3 Å². The van der Waals surface area contributed by atoms with Crippen LogP contribution >= 0.6 is 15.9 Å². The Morgan fingerprint density at radius 2 is 2.12 bits per heavy atom. The fourth-order valence-electron chi connectivity index (χ4n) is 3.95. The van der Waals surface area contributed by atoms with Crippen molar-refractivity contribution in [2.45, 2.75) is 18.9 Å². The third-order valence-electron chi connectivity index (χ3n) is 5.09. The average molecular weight is 391 g/mol. The van der Waals surface area contributed by atoms with E-state index in [2.05, 4.69) is 40.8 Å². The van der Waals surface area contributed by atoms with Crippen LogP contribution in [0.2, 0.25) is 0 Å². The molecule has 2 fully saturated rings. The lowest BCUT2D eigenvalue weighted by Gasteiger charge is -2.38. The van der Waals surface area contributed by atoms with Gasteiger partial charge < -0.3 is 4.90 Å². The summed E-state index contributed by atoms with van der Waals surface area (Å²) in [6.45, 7) is 4.01. The molecule has 8 heteroatoms. The van der Waals surface area contributed by atoms with Gasteiger partial charge in [-0.15, -0.1) is 0 Å². The highest BCUT2D eigenvalue weighted by atomic mass is 79.9. The van der Waals surface area contributed by atoms with Crippen molar-refractivity contribution in [3.8, 4) is 0 Å². The highest BCUT2D eigenvalue weighted by molar-refractivity contribution is 9.10. The summed E-state index contributed by atoms with van der Waals surface area (Å²) in [6, 6.07) is 3.83. The number of aromatic nitrogens is 4.